The highest BCUT2D eigenvalue weighted by Gasteiger charge is 2.06. The fraction of sp³-hybridized carbons (Fsp3) is 0.435. The molecule has 4 nitrogen and oxygen atoms in total. The minimum absolute atomic E-state index is 0.0136. The zero-order valence-corrected chi connectivity index (χ0v) is 16.7. The summed E-state index contributed by atoms with van der Waals surface area (Å²) >= 11 is 0. The van der Waals surface area contributed by atoms with E-state index in [0.29, 0.717) is 0 Å². The Kier molecular flexibility index (Phi) is 8.69. The number of nitrogens with one attached hydrogen (secondary N) is 1. The van der Waals surface area contributed by atoms with E-state index in [9.17, 15) is 4.79 Å². The normalized spacial score (nSPS) is 10.5. The second kappa shape index (κ2) is 11.3. The molecule has 146 valence electrons. The molecule has 2 aromatic rings. The molecule has 0 saturated carbocycles. The van der Waals surface area contributed by atoms with Crippen molar-refractivity contribution < 1.29 is 14.3 Å². The van der Waals surface area contributed by atoms with E-state index in [4.69, 9.17) is 9.47 Å². The number of anilines is 1. The second-order valence-electron chi connectivity index (χ2n) is 6.89. The maximum absolute atomic E-state index is 12.1. The van der Waals surface area contributed by atoms with Crippen LogP contribution in [0.4, 0.5) is 5.69 Å². The Morgan fingerprint density at radius 1 is 0.926 bits per heavy atom. The quantitative estimate of drug-likeness (QED) is 0.519. The first-order chi connectivity index (χ1) is 13.1. The topological polar surface area (TPSA) is 47.6 Å². The van der Waals surface area contributed by atoms with Crippen LogP contribution < -0.4 is 14.8 Å². The van der Waals surface area contributed by atoms with Gasteiger partial charge in [-0.05, 0) is 61.7 Å². The zero-order valence-electron chi connectivity index (χ0n) is 16.7. The summed E-state index contributed by atoms with van der Waals surface area (Å²) in [5.74, 6) is 1.39. The van der Waals surface area contributed by atoms with E-state index >= 15 is 0 Å². The van der Waals surface area contributed by atoms with Gasteiger partial charge in [0.2, 0.25) is 0 Å². The molecule has 27 heavy (non-hydrogen) atoms. The molecule has 1 N–H and O–H groups in total. The largest absolute Gasteiger partial charge is 0.494 e. The molecule has 0 aliphatic heterocycles. The molecule has 0 aliphatic rings. The molecule has 0 atom stereocenters. The molecule has 0 heterocycles. The molecule has 2 rings (SSSR count). The number of unbranched alkanes of at least 4 members (excludes halogenated alkanes) is 4. The van der Waals surface area contributed by atoms with Crippen molar-refractivity contribution in [3.8, 4) is 11.5 Å². The van der Waals surface area contributed by atoms with E-state index in [1.807, 2.05) is 56.3 Å². The van der Waals surface area contributed by atoms with Crippen LogP contribution in [-0.2, 0) is 4.79 Å². The summed E-state index contributed by atoms with van der Waals surface area (Å²) in [6, 6.07) is 13.4. The molecular weight excluding hydrogens is 338 g/mol. The van der Waals surface area contributed by atoms with Crippen LogP contribution >= 0.6 is 0 Å². The average molecular weight is 370 g/mol. The van der Waals surface area contributed by atoms with Gasteiger partial charge in [-0.3, -0.25) is 4.79 Å². The average Bonchev–Trinajstić information content (AvgIpc) is 2.66. The summed E-state index contributed by atoms with van der Waals surface area (Å²) in [6.07, 6.45) is 6.11. The highest BCUT2D eigenvalue weighted by Crippen LogP contribution is 2.19. The Labute approximate surface area is 162 Å². The smallest absolute Gasteiger partial charge is 0.262 e. The molecule has 0 aliphatic carbocycles. The van der Waals surface area contributed by atoms with E-state index in [1.54, 1.807) is 0 Å². The maximum Gasteiger partial charge on any atom is 0.262 e. The van der Waals surface area contributed by atoms with Crippen molar-refractivity contribution in [1.82, 2.24) is 0 Å². The van der Waals surface area contributed by atoms with Crippen LogP contribution in [0.3, 0.4) is 0 Å². The number of ether oxygens (including phenoxy) is 2. The van der Waals surface area contributed by atoms with E-state index in [2.05, 4.69) is 12.2 Å². The van der Waals surface area contributed by atoms with Gasteiger partial charge < -0.3 is 14.8 Å². The second-order valence-corrected chi connectivity index (χ2v) is 6.89. The summed E-state index contributed by atoms with van der Waals surface area (Å²) in [7, 11) is 0. The predicted molar refractivity (Wildman–Crippen MR) is 111 cm³/mol. The van der Waals surface area contributed by atoms with Gasteiger partial charge >= 0.3 is 0 Å². The van der Waals surface area contributed by atoms with Crippen molar-refractivity contribution in [2.24, 2.45) is 0 Å². The van der Waals surface area contributed by atoms with Crippen LogP contribution in [0.2, 0.25) is 0 Å². The first kappa shape index (κ1) is 20.8. The third kappa shape index (κ3) is 7.73. The van der Waals surface area contributed by atoms with Gasteiger partial charge in [-0.15, -0.1) is 0 Å². The summed E-state index contributed by atoms with van der Waals surface area (Å²) in [4.78, 5) is 12.1. The van der Waals surface area contributed by atoms with Gasteiger partial charge in [0.15, 0.2) is 6.61 Å². The molecule has 0 radical (unpaired) electrons. The highest BCUT2D eigenvalue weighted by atomic mass is 16.5. The number of carbonyl (C=O) groups is 1. The van der Waals surface area contributed by atoms with Gasteiger partial charge in [-0.2, -0.15) is 0 Å². The lowest BCUT2D eigenvalue weighted by molar-refractivity contribution is -0.118. The van der Waals surface area contributed by atoms with E-state index in [1.165, 1.54) is 25.7 Å². The molecule has 0 spiro atoms. The molecular formula is C23H31NO3. The molecule has 0 saturated heterocycles. The number of hydrogen-bond acceptors (Lipinski definition) is 3. The van der Waals surface area contributed by atoms with Crippen molar-refractivity contribution in [2.75, 3.05) is 18.5 Å². The monoisotopic (exact) mass is 369 g/mol. The summed E-state index contributed by atoms with van der Waals surface area (Å²) in [5.41, 5.74) is 2.86. The lowest BCUT2D eigenvalue weighted by atomic mass is 10.1. The van der Waals surface area contributed by atoms with Crippen molar-refractivity contribution in [3.63, 3.8) is 0 Å². The van der Waals surface area contributed by atoms with Gasteiger partial charge in [0.05, 0.1) is 6.61 Å². The van der Waals surface area contributed by atoms with Gasteiger partial charge in [0.25, 0.3) is 5.91 Å². The van der Waals surface area contributed by atoms with E-state index in [-0.39, 0.29) is 12.5 Å². The Bertz CT molecular complexity index is 710. The molecule has 0 bridgehead atoms. The van der Waals surface area contributed by atoms with Crippen molar-refractivity contribution in [2.45, 2.75) is 52.9 Å². The fourth-order valence-electron chi connectivity index (χ4n) is 2.73. The Balaban J connectivity index is 1.72. The number of benzene rings is 2. The van der Waals surface area contributed by atoms with Gasteiger partial charge in [-0.25, -0.2) is 0 Å². The van der Waals surface area contributed by atoms with Crippen molar-refractivity contribution in [1.29, 1.82) is 0 Å². The Morgan fingerprint density at radius 2 is 1.67 bits per heavy atom. The summed E-state index contributed by atoms with van der Waals surface area (Å²) < 4.78 is 11.4. The fourth-order valence-corrected chi connectivity index (χ4v) is 2.73. The van der Waals surface area contributed by atoms with Crippen LogP contribution in [0.15, 0.2) is 42.5 Å². The van der Waals surface area contributed by atoms with Gasteiger partial charge in [-0.1, -0.05) is 44.7 Å². The Hall–Kier alpha value is -2.49. The van der Waals surface area contributed by atoms with Crippen LogP contribution in [0.25, 0.3) is 0 Å². The minimum Gasteiger partial charge on any atom is -0.494 e. The number of amides is 1. The third-order valence-corrected chi connectivity index (χ3v) is 4.36. The Morgan fingerprint density at radius 3 is 2.41 bits per heavy atom. The highest BCUT2D eigenvalue weighted by molar-refractivity contribution is 5.91. The van der Waals surface area contributed by atoms with Crippen LogP contribution in [0.5, 0.6) is 11.5 Å². The standard InChI is InChI=1S/C23H31NO3/c1-4-5-6-7-8-15-26-21-13-11-20(12-14-21)24-23(25)17-27-22-16-18(2)9-10-19(22)3/h9-14,16H,4-8,15,17H2,1-3H3,(H,24,25). The van der Waals surface area contributed by atoms with Gasteiger partial charge in [0, 0.05) is 5.69 Å². The molecule has 0 unspecified atom stereocenters. The summed E-state index contributed by atoms with van der Waals surface area (Å²) in [6.45, 7) is 6.91. The first-order valence-corrected chi connectivity index (χ1v) is 9.81. The third-order valence-electron chi connectivity index (χ3n) is 4.36. The first-order valence-electron chi connectivity index (χ1n) is 9.81. The molecule has 2 aromatic carbocycles. The van der Waals surface area contributed by atoms with Crippen LogP contribution in [0, 0.1) is 13.8 Å². The minimum atomic E-state index is -0.180. The zero-order chi connectivity index (χ0) is 19.5. The summed E-state index contributed by atoms with van der Waals surface area (Å²) in [5, 5.41) is 2.84. The molecule has 4 heteroatoms. The molecule has 0 fully saturated rings. The number of carbonyl (C=O) groups excluding carboxylic acids is 1. The van der Waals surface area contributed by atoms with Crippen LogP contribution in [0.1, 0.15) is 50.2 Å². The van der Waals surface area contributed by atoms with Gasteiger partial charge in [0.1, 0.15) is 11.5 Å². The molecule has 0 aromatic heterocycles. The lowest BCUT2D eigenvalue weighted by Gasteiger charge is -2.11. The van der Waals surface area contributed by atoms with E-state index in [0.717, 1.165) is 41.3 Å². The maximum atomic E-state index is 12.1. The predicted octanol–water partition coefficient (Wildman–Crippen LogP) is 5.67. The molecule has 1 amide bonds. The number of hydrogen-bond donors (Lipinski definition) is 1. The van der Waals surface area contributed by atoms with E-state index < -0.39 is 0 Å². The SMILES string of the molecule is CCCCCCCOc1ccc(NC(=O)COc2cc(C)ccc2C)cc1. The lowest BCUT2D eigenvalue weighted by Crippen LogP contribution is -2.20. The van der Waals surface area contributed by atoms with Crippen LogP contribution in [-0.4, -0.2) is 19.1 Å². The van der Waals surface area contributed by atoms with Crippen molar-refractivity contribution >= 4 is 11.6 Å². The number of rotatable bonds is 11. The van der Waals surface area contributed by atoms with Crippen molar-refractivity contribution in [3.05, 3.63) is 53.6 Å². The number of aryl methyl sites for hydroxylation is 2.